The van der Waals surface area contributed by atoms with Gasteiger partial charge >= 0.3 is 0 Å². The van der Waals surface area contributed by atoms with E-state index in [1.54, 1.807) is 0 Å². The summed E-state index contributed by atoms with van der Waals surface area (Å²) in [5.41, 5.74) is 0. The summed E-state index contributed by atoms with van der Waals surface area (Å²) in [4.78, 5) is 11.6. The number of amides is 1. The Bertz CT molecular complexity index is 217. The van der Waals surface area contributed by atoms with E-state index in [9.17, 15) is 4.79 Å². The largest absolute Gasteiger partial charge is 0.353 e. The minimum Gasteiger partial charge on any atom is -0.353 e. The zero-order valence-corrected chi connectivity index (χ0v) is 13.4. The van der Waals surface area contributed by atoms with E-state index in [0.29, 0.717) is 12.6 Å². The van der Waals surface area contributed by atoms with Crippen LogP contribution < -0.4 is 10.6 Å². The first-order chi connectivity index (χ1) is 9.06. The third kappa shape index (κ3) is 13.7. The molecule has 0 rings (SSSR count). The molecule has 0 saturated carbocycles. The van der Waals surface area contributed by atoms with E-state index in [0.717, 1.165) is 25.3 Å². The molecule has 0 aromatic heterocycles. The maximum atomic E-state index is 11.6. The van der Waals surface area contributed by atoms with Crippen molar-refractivity contribution < 1.29 is 4.79 Å². The predicted octanol–water partition coefficient (Wildman–Crippen LogP) is 3.49. The van der Waals surface area contributed by atoms with Gasteiger partial charge in [0.15, 0.2) is 0 Å². The van der Waals surface area contributed by atoms with Gasteiger partial charge in [0, 0.05) is 6.04 Å². The fourth-order valence-corrected chi connectivity index (χ4v) is 2.19. The van der Waals surface area contributed by atoms with Crippen molar-refractivity contribution in [3.8, 4) is 0 Å². The molecule has 0 aliphatic rings. The first-order valence-electron chi connectivity index (χ1n) is 8.06. The summed E-state index contributed by atoms with van der Waals surface area (Å²) >= 11 is 0. The van der Waals surface area contributed by atoms with Crippen molar-refractivity contribution >= 4 is 5.91 Å². The first-order valence-corrected chi connectivity index (χ1v) is 8.06. The van der Waals surface area contributed by atoms with Gasteiger partial charge in [0.2, 0.25) is 5.91 Å². The highest BCUT2D eigenvalue weighted by molar-refractivity contribution is 5.78. The molecule has 114 valence electrons. The van der Waals surface area contributed by atoms with Crippen LogP contribution in [0.3, 0.4) is 0 Å². The number of hydrogen-bond acceptors (Lipinski definition) is 2. The van der Waals surface area contributed by atoms with Gasteiger partial charge in [-0.25, -0.2) is 0 Å². The summed E-state index contributed by atoms with van der Waals surface area (Å²) in [5.74, 6) is 0.952. The number of rotatable bonds is 12. The van der Waals surface area contributed by atoms with Crippen molar-refractivity contribution in [1.29, 1.82) is 0 Å². The molecule has 3 nitrogen and oxygen atoms in total. The second-order valence-electron chi connectivity index (χ2n) is 6.03. The number of carbonyl (C=O) groups excluding carboxylic acids is 1. The molecule has 1 unspecified atom stereocenters. The molecular weight excluding hydrogens is 236 g/mol. The molecule has 2 N–H and O–H groups in total. The van der Waals surface area contributed by atoms with Crippen molar-refractivity contribution in [2.24, 2.45) is 5.92 Å². The summed E-state index contributed by atoms with van der Waals surface area (Å²) in [7, 11) is 0. The van der Waals surface area contributed by atoms with Gasteiger partial charge in [-0.2, -0.15) is 0 Å². The maximum Gasteiger partial charge on any atom is 0.234 e. The number of unbranched alkanes of at least 4 members (excludes halogenated alkanes) is 3. The van der Waals surface area contributed by atoms with Crippen LogP contribution >= 0.6 is 0 Å². The van der Waals surface area contributed by atoms with Gasteiger partial charge in [-0.05, 0) is 32.2 Å². The van der Waals surface area contributed by atoms with Gasteiger partial charge in [-0.1, -0.05) is 52.9 Å². The average Bonchev–Trinajstić information content (AvgIpc) is 2.32. The second kappa shape index (κ2) is 12.5. The molecule has 0 aliphatic heterocycles. The Balaban J connectivity index is 3.27. The fraction of sp³-hybridized carbons (Fsp3) is 0.938. The molecule has 19 heavy (non-hydrogen) atoms. The summed E-state index contributed by atoms with van der Waals surface area (Å²) in [6.45, 7) is 10.2. The molecule has 0 aromatic rings. The smallest absolute Gasteiger partial charge is 0.234 e. The zero-order valence-electron chi connectivity index (χ0n) is 13.4. The Labute approximate surface area is 119 Å². The van der Waals surface area contributed by atoms with E-state index < -0.39 is 0 Å². The van der Waals surface area contributed by atoms with Crippen LogP contribution in [0, 0.1) is 5.92 Å². The molecular formula is C16H34N2O. The van der Waals surface area contributed by atoms with Crippen LogP contribution in [-0.2, 0) is 4.79 Å². The van der Waals surface area contributed by atoms with Gasteiger partial charge in [-0.3, -0.25) is 4.79 Å². The molecule has 0 spiro atoms. The molecule has 1 amide bonds. The molecule has 0 aliphatic carbocycles. The van der Waals surface area contributed by atoms with E-state index in [1.165, 1.54) is 32.1 Å². The molecule has 0 fully saturated rings. The summed E-state index contributed by atoms with van der Waals surface area (Å²) in [6, 6.07) is 0.301. The van der Waals surface area contributed by atoms with Crippen molar-refractivity contribution in [1.82, 2.24) is 10.6 Å². The predicted molar refractivity (Wildman–Crippen MR) is 83.3 cm³/mol. The number of hydrogen-bond donors (Lipinski definition) is 2. The van der Waals surface area contributed by atoms with Crippen molar-refractivity contribution in [2.45, 2.75) is 78.7 Å². The van der Waals surface area contributed by atoms with E-state index in [4.69, 9.17) is 0 Å². The Morgan fingerprint density at radius 3 is 2.32 bits per heavy atom. The Hall–Kier alpha value is -0.570. The van der Waals surface area contributed by atoms with E-state index >= 15 is 0 Å². The molecule has 1 atom stereocenters. The normalized spacial score (nSPS) is 12.7. The third-order valence-electron chi connectivity index (χ3n) is 3.30. The van der Waals surface area contributed by atoms with Crippen LogP contribution in [0.15, 0.2) is 0 Å². The van der Waals surface area contributed by atoms with Gasteiger partial charge in [-0.15, -0.1) is 0 Å². The van der Waals surface area contributed by atoms with Gasteiger partial charge in [0.25, 0.3) is 0 Å². The summed E-state index contributed by atoms with van der Waals surface area (Å²) in [6.07, 6.45) is 8.62. The van der Waals surface area contributed by atoms with Crippen LogP contribution in [0.1, 0.15) is 72.6 Å². The highest BCUT2D eigenvalue weighted by Gasteiger charge is 2.05. The topological polar surface area (TPSA) is 41.1 Å². The van der Waals surface area contributed by atoms with E-state index in [1.807, 2.05) is 0 Å². The van der Waals surface area contributed by atoms with Gasteiger partial charge < -0.3 is 10.6 Å². The van der Waals surface area contributed by atoms with Gasteiger partial charge in [0.05, 0.1) is 6.54 Å². The molecule has 0 heterocycles. The summed E-state index contributed by atoms with van der Waals surface area (Å²) < 4.78 is 0. The van der Waals surface area contributed by atoms with Crippen molar-refractivity contribution in [3.05, 3.63) is 0 Å². The Morgan fingerprint density at radius 1 is 1.00 bits per heavy atom. The number of nitrogens with one attached hydrogen (secondary N) is 2. The monoisotopic (exact) mass is 270 g/mol. The molecule has 0 radical (unpaired) electrons. The van der Waals surface area contributed by atoms with Crippen molar-refractivity contribution in [3.63, 3.8) is 0 Å². The lowest BCUT2D eigenvalue weighted by Crippen LogP contribution is -2.39. The number of carbonyl (C=O) groups is 1. The minimum absolute atomic E-state index is 0.126. The standard InChI is InChI=1S/C16H34N2O/c1-5-10-15(4)18-16(19)13-17-12-9-7-6-8-11-14(2)3/h14-15,17H,5-13H2,1-4H3,(H,18,19). The van der Waals surface area contributed by atoms with E-state index in [2.05, 4.69) is 38.3 Å². The average molecular weight is 270 g/mol. The van der Waals surface area contributed by atoms with Crippen LogP contribution in [0.2, 0.25) is 0 Å². The molecule has 3 heteroatoms. The molecule has 0 aromatic carbocycles. The Kier molecular flexibility index (Phi) is 12.1. The highest BCUT2D eigenvalue weighted by Crippen LogP contribution is 2.08. The van der Waals surface area contributed by atoms with Crippen LogP contribution in [0.4, 0.5) is 0 Å². The Morgan fingerprint density at radius 2 is 1.68 bits per heavy atom. The summed E-state index contributed by atoms with van der Waals surface area (Å²) in [5, 5.41) is 6.22. The zero-order chi connectivity index (χ0) is 14.5. The lowest BCUT2D eigenvalue weighted by Gasteiger charge is -2.13. The lowest BCUT2D eigenvalue weighted by atomic mass is 10.0. The van der Waals surface area contributed by atoms with Gasteiger partial charge in [0.1, 0.15) is 0 Å². The minimum atomic E-state index is 0.126. The second-order valence-corrected chi connectivity index (χ2v) is 6.03. The van der Waals surface area contributed by atoms with E-state index in [-0.39, 0.29) is 5.91 Å². The van der Waals surface area contributed by atoms with Crippen LogP contribution in [0.25, 0.3) is 0 Å². The SMILES string of the molecule is CCCC(C)NC(=O)CNCCCCCCC(C)C. The quantitative estimate of drug-likeness (QED) is 0.533. The highest BCUT2D eigenvalue weighted by atomic mass is 16.1. The van der Waals surface area contributed by atoms with Crippen LogP contribution in [0.5, 0.6) is 0 Å². The molecule has 0 bridgehead atoms. The van der Waals surface area contributed by atoms with Crippen molar-refractivity contribution in [2.75, 3.05) is 13.1 Å². The third-order valence-corrected chi connectivity index (χ3v) is 3.30. The fourth-order valence-electron chi connectivity index (χ4n) is 2.19. The molecule has 0 saturated heterocycles. The lowest BCUT2D eigenvalue weighted by molar-refractivity contribution is -0.120. The maximum absolute atomic E-state index is 11.6. The van der Waals surface area contributed by atoms with Crippen LogP contribution in [-0.4, -0.2) is 25.0 Å². The first kappa shape index (κ1) is 18.4.